The first-order chi connectivity index (χ1) is 16.9. The fourth-order valence-corrected chi connectivity index (χ4v) is 4.84. The molecular weight excluding hydrogens is 468 g/mol. The Balaban J connectivity index is 1.33. The van der Waals surface area contributed by atoms with Gasteiger partial charge in [-0.05, 0) is 49.4 Å². The van der Waals surface area contributed by atoms with Crippen molar-refractivity contribution in [2.24, 2.45) is 5.11 Å². The summed E-state index contributed by atoms with van der Waals surface area (Å²) in [7, 11) is -3.76. The van der Waals surface area contributed by atoms with Gasteiger partial charge in [-0.15, -0.1) is 0 Å². The molecule has 3 aromatic rings. The summed E-state index contributed by atoms with van der Waals surface area (Å²) in [5.74, 6) is 0.174. The monoisotopic (exact) mass is 494 g/mol. The van der Waals surface area contributed by atoms with Crippen LogP contribution in [0.15, 0.2) is 77.1 Å². The van der Waals surface area contributed by atoms with Gasteiger partial charge in [0, 0.05) is 38.1 Å². The normalized spacial score (nSPS) is 14.8. The number of carbonyl (C=O) groups is 1. The van der Waals surface area contributed by atoms with Crippen LogP contribution in [0.1, 0.15) is 6.92 Å². The van der Waals surface area contributed by atoms with Crippen LogP contribution in [0, 0.1) is 5.53 Å². The Hall–Kier alpha value is -4.06. The summed E-state index contributed by atoms with van der Waals surface area (Å²) < 4.78 is 27.6. The van der Waals surface area contributed by atoms with Crippen LogP contribution in [0.3, 0.4) is 0 Å². The second-order valence-electron chi connectivity index (χ2n) is 8.00. The van der Waals surface area contributed by atoms with Gasteiger partial charge in [0.2, 0.25) is 5.91 Å². The van der Waals surface area contributed by atoms with E-state index in [1.54, 1.807) is 54.3 Å². The van der Waals surface area contributed by atoms with Crippen LogP contribution in [0.2, 0.25) is 0 Å². The summed E-state index contributed by atoms with van der Waals surface area (Å²) in [6.07, 6.45) is 2.73. The molecular formula is C23H26N8O3S. The van der Waals surface area contributed by atoms with Crippen molar-refractivity contribution in [1.29, 1.82) is 5.53 Å². The molecule has 1 aliphatic rings. The zero-order chi connectivity index (χ0) is 24.8. The molecule has 1 aromatic heterocycles. The number of para-hydroxylation sites is 2. The number of nitrogens with zero attached hydrogens (tertiary/aromatic N) is 5. The maximum Gasteiger partial charge on any atom is 0.263 e. The Morgan fingerprint density at radius 1 is 1.06 bits per heavy atom. The van der Waals surface area contributed by atoms with Crippen LogP contribution in [0.5, 0.6) is 0 Å². The summed E-state index contributed by atoms with van der Waals surface area (Å²) in [5, 5.41) is 6.64. The zero-order valence-corrected chi connectivity index (χ0v) is 19.9. The number of nitrogens with one attached hydrogen (secondary N) is 3. The molecule has 4 rings (SSSR count). The van der Waals surface area contributed by atoms with Crippen LogP contribution >= 0.6 is 0 Å². The van der Waals surface area contributed by atoms with Crippen LogP contribution in [-0.2, 0) is 14.8 Å². The Kier molecular flexibility index (Phi) is 7.20. The highest BCUT2D eigenvalue weighted by atomic mass is 32.2. The smallest absolute Gasteiger partial charge is 0.263 e. The molecule has 2 heterocycles. The zero-order valence-electron chi connectivity index (χ0n) is 19.1. The van der Waals surface area contributed by atoms with Crippen LogP contribution in [-0.4, -0.2) is 61.4 Å². The molecule has 1 aliphatic heterocycles. The molecule has 0 aliphatic carbocycles. The van der Waals surface area contributed by atoms with E-state index in [0.717, 1.165) is 5.69 Å². The summed E-state index contributed by atoms with van der Waals surface area (Å²) in [5.41, 5.74) is 9.29. The predicted molar refractivity (Wildman–Crippen MR) is 132 cm³/mol. The molecule has 0 radical (unpaired) electrons. The maximum atomic E-state index is 12.9. The minimum absolute atomic E-state index is 0.0262. The third kappa shape index (κ3) is 5.72. The van der Waals surface area contributed by atoms with E-state index in [9.17, 15) is 13.2 Å². The molecule has 11 nitrogen and oxygen atoms in total. The molecule has 0 saturated carbocycles. The molecule has 1 saturated heterocycles. The maximum absolute atomic E-state index is 12.9. The highest BCUT2D eigenvalue weighted by Crippen LogP contribution is 2.25. The molecule has 1 fully saturated rings. The molecule has 35 heavy (non-hydrogen) atoms. The number of hydrogen-bond donors (Lipinski definition) is 3. The molecule has 0 bridgehead atoms. The van der Waals surface area contributed by atoms with Crippen molar-refractivity contribution in [3.8, 4) is 0 Å². The summed E-state index contributed by atoms with van der Waals surface area (Å²) in [4.78, 5) is 24.6. The second kappa shape index (κ2) is 10.5. The van der Waals surface area contributed by atoms with E-state index in [1.807, 2.05) is 6.07 Å². The van der Waals surface area contributed by atoms with Crippen LogP contribution < -0.4 is 14.9 Å². The third-order valence-electron chi connectivity index (χ3n) is 5.69. The molecule has 182 valence electrons. The van der Waals surface area contributed by atoms with Crippen molar-refractivity contribution in [3.63, 3.8) is 0 Å². The van der Waals surface area contributed by atoms with E-state index in [2.05, 4.69) is 30.0 Å². The van der Waals surface area contributed by atoms with E-state index >= 15 is 0 Å². The lowest BCUT2D eigenvalue weighted by Gasteiger charge is -2.37. The first kappa shape index (κ1) is 24.1. The molecule has 1 amide bonds. The first-order valence-electron chi connectivity index (χ1n) is 11.0. The summed E-state index contributed by atoms with van der Waals surface area (Å²) in [6.45, 7) is 4.14. The number of carbonyl (C=O) groups excluding carboxylic acids is 1. The largest absolute Gasteiger partial charge is 0.372 e. The van der Waals surface area contributed by atoms with Crippen molar-refractivity contribution in [2.75, 3.05) is 41.1 Å². The van der Waals surface area contributed by atoms with E-state index in [1.165, 1.54) is 18.6 Å². The van der Waals surface area contributed by atoms with Crippen LogP contribution in [0.4, 0.5) is 22.9 Å². The standard InChI is InChI=1S/C23H26N8O3S/c1-17(27-20-4-2-3-5-21(20)28-24)23(32)31-14-12-30(13-15-31)18-6-8-19(9-7-18)35(33,34)29-22-10-11-25-16-26-22/h2-11,16-17,24,27H,12-15H2,1H3,(H,25,26,29). The quantitative estimate of drug-likeness (QED) is 0.408. The number of hydrogen-bond acceptors (Lipinski definition) is 9. The topological polar surface area (TPSA) is 144 Å². The predicted octanol–water partition coefficient (Wildman–Crippen LogP) is 3.09. The molecule has 0 spiro atoms. The lowest BCUT2D eigenvalue weighted by Crippen LogP contribution is -2.52. The summed E-state index contributed by atoms with van der Waals surface area (Å²) >= 11 is 0. The van der Waals surface area contributed by atoms with Crippen molar-refractivity contribution in [1.82, 2.24) is 14.9 Å². The average Bonchev–Trinajstić information content (AvgIpc) is 2.89. The summed E-state index contributed by atoms with van der Waals surface area (Å²) in [6, 6.07) is 14.8. The van der Waals surface area contributed by atoms with Gasteiger partial charge in [-0.3, -0.25) is 9.52 Å². The van der Waals surface area contributed by atoms with Crippen molar-refractivity contribution < 1.29 is 13.2 Å². The molecule has 1 unspecified atom stereocenters. The van der Waals surface area contributed by atoms with Crippen LogP contribution in [0.25, 0.3) is 0 Å². The molecule has 2 aromatic carbocycles. The number of rotatable bonds is 8. The van der Waals surface area contributed by atoms with Gasteiger partial charge in [0.15, 0.2) is 0 Å². The minimum atomic E-state index is -3.76. The van der Waals surface area contributed by atoms with E-state index in [-0.39, 0.29) is 16.6 Å². The van der Waals surface area contributed by atoms with Gasteiger partial charge in [-0.25, -0.2) is 23.9 Å². The number of amides is 1. The van der Waals surface area contributed by atoms with Gasteiger partial charge >= 0.3 is 0 Å². The van der Waals surface area contributed by atoms with Gasteiger partial charge in [0.05, 0.1) is 10.6 Å². The third-order valence-corrected chi connectivity index (χ3v) is 7.06. The van der Waals surface area contributed by atoms with E-state index in [4.69, 9.17) is 5.53 Å². The minimum Gasteiger partial charge on any atom is -0.372 e. The molecule has 12 heteroatoms. The number of benzene rings is 2. The average molecular weight is 495 g/mol. The second-order valence-corrected chi connectivity index (χ2v) is 9.68. The van der Waals surface area contributed by atoms with Gasteiger partial charge in [0.1, 0.15) is 23.9 Å². The highest BCUT2D eigenvalue weighted by molar-refractivity contribution is 7.92. The number of piperazine rings is 1. The van der Waals surface area contributed by atoms with E-state index in [0.29, 0.717) is 37.6 Å². The number of aromatic nitrogens is 2. The van der Waals surface area contributed by atoms with Gasteiger partial charge in [0.25, 0.3) is 10.0 Å². The first-order valence-corrected chi connectivity index (χ1v) is 12.5. The van der Waals surface area contributed by atoms with Gasteiger partial charge in [-0.1, -0.05) is 12.1 Å². The molecule has 3 N–H and O–H groups in total. The lowest BCUT2D eigenvalue weighted by molar-refractivity contribution is -0.131. The Bertz CT molecular complexity index is 1280. The Morgan fingerprint density at radius 2 is 1.77 bits per heavy atom. The fourth-order valence-electron chi connectivity index (χ4n) is 3.83. The number of anilines is 3. The van der Waals surface area contributed by atoms with E-state index < -0.39 is 16.1 Å². The van der Waals surface area contributed by atoms with Gasteiger partial charge < -0.3 is 15.1 Å². The Labute approximate surface area is 203 Å². The van der Waals surface area contributed by atoms with Gasteiger partial charge in [-0.2, -0.15) is 5.11 Å². The fraction of sp³-hybridized carbons (Fsp3) is 0.261. The van der Waals surface area contributed by atoms with Crippen molar-refractivity contribution in [3.05, 3.63) is 67.1 Å². The lowest BCUT2D eigenvalue weighted by atomic mass is 10.2. The van der Waals surface area contributed by atoms with Crippen molar-refractivity contribution in [2.45, 2.75) is 17.9 Å². The number of sulfonamides is 1. The SMILES string of the molecule is CC(Nc1ccccc1N=N)C(=O)N1CCN(c2ccc(S(=O)(=O)Nc3ccncn3)cc2)CC1. The Morgan fingerprint density at radius 3 is 2.43 bits per heavy atom. The highest BCUT2D eigenvalue weighted by Gasteiger charge is 2.26. The van der Waals surface area contributed by atoms with Crippen molar-refractivity contribution >= 4 is 38.8 Å². The molecule has 1 atom stereocenters.